The minimum absolute atomic E-state index is 0.0727. The Bertz CT molecular complexity index is 2700. The first-order valence-electron chi connectivity index (χ1n) is 27.4. The van der Waals surface area contributed by atoms with Crippen molar-refractivity contribution in [3.8, 4) is 0 Å². The van der Waals surface area contributed by atoms with Crippen LogP contribution in [-0.2, 0) is 63.5 Å². The number of halogens is 1. The molecule has 0 aliphatic carbocycles. The van der Waals surface area contributed by atoms with Gasteiger partial charge < -0.3 is 73.3 Å². The summed E-state index contributed by atoms with van der Waals surface area (Å²) in [6, 6.07) is -0.566. The average Bonchev–Trinajstić information content (AvgIpc) is 3.79. The van der Waals surface area contributed by atoms with Crippen LogP contribution in [0.25, 0.3) is 11.0 Å². The van der Waals surface area contributed by atoms with Crippen molar-refractivity contribution in [3.05, 3.63) is 38.8 Å². The minimum Gasteiger partial charge on any atom is -0.477 e. The van der Waals surface area contributed by atoms with Gasteiger partial charge in [0, 0.05) is 63.8 Å². The highest BCUT2D eigenvalue weighted by molar-refractivity contribution is 7.86. The molecule has 0 saturated carbocycles. The van der Waals surface area contributed by atoms with Crippen molar-refractivity contribution in [2.45, 2.75) is 199 Å². The topological polar surface area (TPSA) is 321 Å². The van der Waals surface area contributed by atoms with Crippen LogP contribution in [0.1, 0.15) is 112 Å². The fourth-order valence-corrected chi connectivity index (χ4v) is 13.3. The summed E-state index contributed by atoms with van der Waals surface area (Å²) < 4.78 is 99.7. The second-order valence-corrected chi connectivity index (χ2v) is 24.6. The van der Waals surface area contributed by atoms with Crippen LogP contribution >= 0.6 is 0 Å². The number of aromatic carboxylic acids is 1. The number of pyridine rings is 2. The molecule has 5 N–H and O–H groups in total. The van der Waals surface area contributed by atoms with E-state index in [1.165, 1.54) is 18.6 Å². The molecular weight excluding hydrogens is 1080 g/mol. The molecule has 80 heavy (non-hydrogen) atoms. The van der Waals surface area contributed by atoms with Gasteiger partial charge in [0.2, 0.25) is 5.43 Å². The number of fused-ring (bicyclic) bond motifs is 2. The Morgan fingerprint density at radius 2 is 1.68 bits per heavy atom. The number of aliphatic hydroxyl groups excluding tert-OH is 1. The van der Waals surface area contributed by atoms with E-state index in [1.54, 1.807) is 62.3 Å². The number of nitrogens with one attached hydrogen (secondary N) is 2. The van der Waals surface area contributed by atoms with Crippen molar-refractivity contribution in [1.82, 2.24) is 19.8 Å². The molecule has 0 bridgehead atoms. The Hall–Kier alpha value is -4.55. The van der Waals surface area contributed by atoms with E-state index in [9.17, 15) is 47.8 Å². The lowest BCUT2D eigenvalue weighted by Gasteiger charge is -2.49. The van der Waals surface area contributed by atoms with E-state index in [1.807, 2.05) is 25.9 Å². The Kier molecular flexibility index (Phi) is 20.9. The van der Waals surface area contributed by atoms with Gasteiger partial charge in [0.15, 0.2) is 35.9 Å². The van der Waals surface area contributed by atoms with Gasteiger partial charge >= 0.3 is 18.1 Å². The molecule has 2 aromatic heterocycles. The van der Waals surface area contributed by atoms with E-state index in [2.05, 4.69) is 20.8 Å². The number of ether oxygens (including phenoxy) is 8. The van der Waals surface area contributed by atoms with Crippen molar-refractivity contribution >= 4 is 45.1 Å². The van der Waals surface area contributed by atoms with E-state index in [4.69, 9.17) is 42.1 Å². The highest BCUT2D eigenvalue weighted by Crippen LogP contribution is 2.45. The van der Waals surface area contributed by atoms with Gasteiger partial charge in [-0.2, -0.15) is 13.3 Å². The van der Waals surface area contributed by atoms with E-state index in [0.717, 1.165) is 12.3 Å². The number of methoxy groups -OCH3 is 1. The number of hydrogen-bond acceptors (Lipinski definition) is 23. The van der Waals surface area contributed by atoms with Crippen molar-refractivity contribution in [2.24, 2.45) is 28.8 Å². The number of likely N-dealkylation sites (N-methyl/N-ethyl adjacent to an activating group) is 1. The number of rotatable bonds is 19. The maximum Gasteiger partial charge on any atom is 0.509 e. The number of anilines is 1. The summed E-state index contributed by atoms with van der Waals surface area (Å²) >= 11 is 0. The quantitative estimate of drug-likeness (QED) is 0.0571. The Labute approximate surface area is 466 Å². The van der Waals surface area contributed by atoms with E-state index < -0.39 is 165 Å². The lowest BCUT2D eigenvalue weighted by Crippen LogP contribution is -2.61. The van der Waals surface area contributed by atoms with Crippen molar-refractivity contribution in [2.75, 3.05) is 51.9 Å². The maximum absolute atomic E-state index is 15.1. The molecule has 0 spiro atoms. The van der Waals surface area contributed by atoms with Gasteiger partial charge in [-0.25, -0.2) is 19.0 Å². The Morgan fingerprint density at radius 1 is 0.988 bits per heavy atom. The first-order valence-corrected chi connectivity index (χ1v) is 28.9. The number of nitrogens with zero attached hydrogens (tertiary/aromatic N) is 4. The lowest BCUT2D eigenvalue weighted by molar-refractivity contribution is -0.316. The number of hydrogen-bond donors (Lipinski definition) is 5. The van der Waals surface area contributed by atoms with Gasteiger partial charge in [-0.05, 0) is 93.8 Å². The Balaban J connectivity index is 1.22. The Morgan fingerprint density at radius 3 is 2.29 bits per heavy atom. The third kappa shape index (κ3) is 13.9. The van der Waals surface area contributed by atoms with Gasteiger partial charge in [0.25, 0.3) is 10.1 Å². The van der Waals surface area contributed by atoms with Gasteiger partial charge in [-0.3, -0.25) is 13.8 Å². The molecule has 27 heteroatoms. The molecule has 6 heterocycles. The van der Waals surface area contributed by atoms with Crippen LogP contribution in [0.4, 0.5) is 15.0 Å². The molecule has 4 saturated heterocycles. The molecule has 0 amide bonds. The minimum atomic E-state index is -4.31. The van der Waals surface area contributed by atoms with Gasteiger partial charge in [-0.15, -0.1) is 0 Å². The van der Waals surface area contributed by atoms with Crippen LogP contribution in [0.5, 0.6) is 0 Å². The van der Waals surface area contributed by atoms with Crippen molar-refractivity contribution in [3.63, 3.8) is 0 Å². The highest BCUT2D eigenvalue weighted by Gasteiger charge is 2.60. The third-order valence-corrected chi connectivity index (χ3v) is 17.7. The zero-order valence-corrected chi connectivity index (χ0v) is 49.0. The zero-order valence-electron chi connectivity index (χ0n) is 48.2. The van der Waals surface area contributed by atoms with Gasteiger partial charge in [-0.1, -0.05) is 32.9 Å². The van der Waals surface area contributed by atoms with Gasteiger partial charge in [0.05, 0.1) is 52.7 Å². The van der Waals surface area contributed by atoms with Crippen LogP contribution in [0, 0.1) is 34.4 Å². The molecule has 0 radical (unpaired) electrons. The summed E-state index contributed by atoms with van der Waals surface area (Å²) in [5.74, 6) is -7.54. The summed E-state index contributed by atoms with van der Waals surface area (Å²) in [4.78, 5) is 71.0. The third-order valence-electron chi connectivity index (χ3n) is 16.5. The standard InChI is InChI=1S/C53H83FN6O19S/c1-15-36-53(11)43(77-50(66)78-53)28(5)38(58-68)26(3)23-51(9,67)42(76-49-40(62)35(59(12)13)21-27(4)72-49)29(6)41(30(7)48(65)74-36)75-37-24-52(10,71-14)44(31(8)73-37)79-80(69,70)20-19-55-17-18-56-45-34(54)22-32-39(61)33(47(63)64)25-60(16-2)46(32)57-45/h22,25-31,35-38,40-44,49,55,62,67H,15-21,23-24H2,1-14H3,(H,56,57)(H,63,64)/t26-,27-,28+,29+,30-,31+,35+,36-,37+,38?,40-,41+,42-,43-,44+,49+,51-,52-,53-/m1/s1. The maximum atomic E-state index is 15.1. The molecule has 4 aliphatic heterocycles. The van der Waals surface area contributed by atoms with Gasteiger partial charge in [0.1, 0.15) is 35.6 Å². The van der Waals surface area contributed by atoms with Crippen LogP contribution in [0.3, 0.4) is 0 Å². The fourth-order valence-electron chi connectivity index (χ4n) is 12.2. The second kappa shape index (κ2) is 25.9. The number of nitroso groups, excluding NO2 is 1. The number of carboxylic acids is 1. The summed E-state index contributed by atoms with van der Waals surface area (Å²) in [5.41, 5.74) is -6.19. The molecular formula is C53H83FN6O19S. The summed E-state index contributed by atoms with van der Waals surface area (Å²) in [6.45, 7) is 18.6. The van der Waals surface area contributed by atoms with Crippen LogP contribution in [-0.4, -0.2) is 193 Å². The fraction of sp³-hybridized carbons (Fsp3) is 0.792. The zero-order chi connectivity index (χ0) is 59.6. The van der Waals surface area contributed by atoms with E-state index in [0.29, 0.717) is 6.42 Å². The predicted octanol–water partition coefficient (Wildman–Crippen LogP) is 4.16. The van der Waals surface area contributed by atoms with E-state index in [-0.39, 0.29) is 62.3 Å². The highest BCUT2D eigenvalue weighted by atomic mass is 32.2. The number of aliphatic hydroxyl groups is 2. The lowest BCUT2D eigenvalue weighted by atomic mass is 9.72. The molecule has 4 fully saturated rings. The molecule has 19 atom stereocenters. The van der Waals surface area contributed by atoms with Crippen LogP contribution < -0.4 is 16.1 Å². The first-order chi connectivity index (χ1) is 37.4. The largest absolute Gasteiger partial charge is 0.509 e. The first kappa shape index (κ1) is 64.6. The number of aryl methyl sites for hydroxylation is 1. The normalized spacial score (nSPS) is 37.5. The molecule has 452 valence electrons. The molecule has 4 aliphatic rings. The average molecular weight is 1160 g/mol. The number of carbonyl (C=O) groups is 3. The number of carboxylic acid groups (broad SMARTS) is 1. The second-order valence-electron chi connectivity index (χ2n) is 22.9. The van der Waals surface area contributed by atoms with Crippen molar-refractivity contribution in [1.29, 1.82) is 0 Å². The van der Waals surface area contributed by atoms with Crippen molar-refractivity contribution < 1.29 is 84.6 Å². The number of cyclic esters (lactones) is 1. The monoisotopic (exact) mass is 1160 g/mol. The smallest absolute Gasteiger partial charge is 0.477 e. The number of esters is 1. The number of carbonyl (C=O) groups excluding carboxylic acids is 2. The summed E-state index contributed by atoms with van der Waals surface area (Å²) in [7, 11) is 0.692. The SMILES string of the molecule is CC[C@H]1OC(=O)[C@H](C)[C@@H](O[C@H]2C[C@@](C)(OC)[C@@H](OS(=O)(=O)CCNCCNc3nc4c(cc3F)c(=O)c(C(=O)O)cn4CC)[C@H](C)O2)[C@H](C)[C@@H](O[C@@H]2O[C@H](C)C[C@H](N(C)C)[C@H]2O)[C@](C)(O)C[C@@H](C)C(N=O)[C@H](C)[C@H]2OC(=O)O[C@@]21C. The van der Waals surface area contributed by atoms with Crippen LogP contribution in [0.2, 0.25) is 0 Å². The molecule has 2 aromatic rings. The summed E-state index contributed by atoms with van der Waals surface area (Å²) in [5, 5.41) is 43.1. The molecule has 6 rings (SSSR count). The van der Waals surface area contributed by atoms with E-state index >= 15 is 4.39 Å². The summed E-state index contributed by atoms with van der Waals surface area (Å²) in [6.07, 6.45) is -10.8. The molecule has 0 aromatic carbocycles. The van der Waals surface area contributed by atoms with Crippen LogP contribution in [0.15, 0.2) is 22.2 Å². The molecule has 25 nitrogen and oxygen atoms in total. The molecule has 1 unspecified atom stereocenters. The predicted molar refractivity (Wildman–Crippen MR) is 287 cm³/mol. The number of aromatic nitrogens is 2.